The fourth-order valence-electron chi connectivity index (χ4n) is 5.06. The summed E-state index contributed by atoms with van der Waals surface area (Å²) in [6.07, 6.45) is 2.12. The summed E-state index contributed by atoms with van der Waals surface area (Å²) in [4.78, 5) is 23.9. The molecule has 3 heterocycles. The van der Waals surface area contributed by atoms with Gasteiger partial charge < -0.3 is 20.0 Å². The minimum atomic E-state index is -0.499. The van der Waals surface area contributed by atoms with Gasteiger partial charge in [0, 0.05) is 53.7 Å². The molecule has 2 aromatic rings. The molecule has 0 aliphatic carbocycles. The number of hydrogen-bond donors (Lipinski definition) is 2. The standard InChI is InChI=1S/C27H37N3O4S/c1-4-20(31)15-28-27(32)13-19-11-12-30(16-21-10-9-18(2)35-21)17-23(19)26-14-24(29-34-26)22-7-5-6-8-25(22)33-3/h5-10,19-20,23,26,31H,4,11-17H2,1-3H3,(H,28,32)/t19-,20+,23-,26+/m0/s1. The van der Waals surface area contributed by atoms with Crippen LogP contribution in [0.4, 0.5) is 0 Å². The van der Waals surface area contributed by atoms with E-state index in [1.807, 2.05) is 42.5 Å². The molecule has 0 spiro atoms. The Labute approximate surface area is 212 Å². The van der Waals surface area contributed by atoms with Crippen molar-refractivity contribution >= 4 is 23.0 Å². The van der Waals surface area contributed by atoms with Crippen LogP contribution < -0.4 is 10.1 Å². The Bertz CT molecular complexity index is 1020. The van der Waals surface area contributed by atoms with Gasteiger partial charge in [-0.05, 0) is 56.5 Å². The lowest BCUT2D eigenvalue weighted by Gasteiger charge is -2.40. The zero-order valence-electron chi connectivity index (χ0n) is 20.9. The van der Waals surface area contributed by atoms with Gasteiger partial charge in [-0.25, -0.2) is 0 Å². The molecule has 35 heavy (non-hydrogen) atoms. The number of aryl methyl sites for hydroxylation is 1. The van der Waals surface area contributed by atoms with Crippen molar-refractivity contribution in [3.63, 3.8) is 0 Å². The predicted molar refractivity (Wildman–Crippen MR) is 139 cm³/mol. The second-order valence-electron chi connectivity index (χ2n) is 9.62. The van der Waals surface area contributed by atoms with Gasteiger partial charge in [0.15, 0.2) is 0 Å². The first-order valence-electron chi connectivity index (χ1n) is 12.5. The number of rotatable bonds is 10. The van der Waals surface area contributed by atoms with Crippen molar-refractivity contribution < 1.29 is 19.5 Å². The minimum Gasteiger partial charge on any atom is -0.496 e. The topological polar surface area (TPSA) is 83.4 Å². The van der Waals surface area contributed by atoms with E-state index in [4.69, 9.17) is 9.57 Å². The molecule has 0 unspecified atom stereocenters. The summed E-state index contributed by atoms with van der Waals surface area (Å²) in [5.41, 5.74) is 1.86. The number of nitrogens with one attached hydrogen (secondary N) is 1. The fraction of sp³-hybridized carbons (Fsp3) is 0.556. The molecule has 1 aromatic carbocycles. The summed E-state index contributed by atoms with van der Waals surface area (Å²) in [5.74, 6) is 1.17. The molecule has 0 radical (unpaired) electrons. The quantitative estimate of drug-likeness (QED) is 0.517. The Morgan fingerprint density at radius 1 is 1.34 bits per heavy atom. The van der Waals surface area contributed by atoms with E-state index in [-0.39, 0.29) is 23.8 Å². The van der Waals surface area contributed by atoms with Gasteiger partial charge in [0.1, 0.15) is 11.9 Å². The van der Waals surface area contributed by atoms with E-state index < -0.39 is 6.10 Å². The van der Waals surface area contributed by atoms with Crippen LogP contribution in [-0.2, 0) is 16.2 Å². The molecular weight excluding hydrogens is 462 g/mol. The summed E-state index contributed by atoms with van der Waals surface area (Å²) in [6, 6.07) is 12.3. The lowest BCUT2D eigenvalue weighted by molar-refractivity contribution is -0.124. The first-order chi connectivity index (χ1) is 17.0. The van der Waals surface area contributed by atoms with E-state index in [0.717, 1.165) is 43.1 Å². The van der Waals surface area contributed by atoms with Crippen LogP contribution in [0.15, 0.2) is 41.6 Å². The Morgan fingerprint density at radius 3 is 2.91 bits per heavy atom. The van der Waals surface area contributed by atoms with Crippen LogP contribution in [0.3, 0.4) is 0 Å². The van der Waals surface area contributed by atoms with Gasteiger partial charge in [-0.1, -0.05) is 24.2 Å². The van der Waals surface area contributed by atoms with E-state index in [1.165, 1.54) is 9.75 Å². The molecule has 4 atom stereocenters. The number of piperidine rings is 1. The third-order valence-electron chi connectivity index (χ3n) is 7.11. The maximum atomic E-state index is 12.7. The molecule has 0 saturated carbocycles. The third-order valence-corrected chi connectivity index (χ3v) is 8.09. The lowest BCUT2D eigenvalue weighted by atomic mass is 9.78. The number of methoxy groups -OCH3 is 1. The van der Waals surface area contributed by atoms with E-state index in [0.29, 0.717) is 25.8 Å². The summed E-state index contributed by atoms with van der Waals surface area (Å²) >= 11 is 1.84. The number of aliphatic hydroxyl groups excluding tert-OH is 1. The van der Waals surface area contributed by atoms with Crippen LogP contribution in [0.2, 0.25) is 0 Å². The van der Waals surface area contributed by atoms with Crippen molar-refractivity contribution in [3.05, 3.63) is 51.7 Å². The van der Waals surface area contributed by atoms with E-state index in [9.17, 15) is 9.90 Å². The van der Waals surface area contributed by atoms with Gasteiger partial charge in [-0.3, -0.25) is 9.69 Å². The van der Waals surface area contributed by atoms with Crippen LogP contribution in [0.1, 0.15) is 47.9 Å². The molecular formula is C27H37N3O4S. The van der Waals surface area contributed by atoms with Crippen LogP contribution >= 0.6 is 11.3 Å². The monoisotopic (exact) mass is 499 g/mol. The Balaban J connectivity index is 1.45. The number of likely N-dealkylation sites (tertiary alicyclic amines) is 1. The first kappa shape index (κ1) is 25.7. The van der Waals surface area contributed by atoms with Gasteiger partial charge in [0.25, 0.3) is 0 Å². The highest BCUT2D eigenvalue weighted by Crippen LogP contribution is 2.36. The van der Waals surface area contributed by atoms with Crippen molar-refractivity contribution in [2.24, 2.45) is 17.0 Å². The number of carbonyl (C=O) groups is 1. The molecule has 2 N–H and O–H groups in total. The van der Waals surface area contributed by atoms with E-state index in [1.54, 1.807) is 7.11 Å². The highest BCUT2D eigenvalue weighted by atomic mass is 32.1. The molecule has 1 aromatic heterocycles. The van der Waals surface area contributed by atoms with Crippen molar-refractivity contribution in [2.75, 3.05) is 26.7 Å². The molecule has 8 heteroatoms. The maximum Gasteiger partial charge on any atom is 0.220 e. The second kappa shape index (κ2) is 12.0. The summed E-state index contributed by atoms with van der Waals surface area (Å²) < 4.78 is 5.54. The molecule has 1 saturated heterocycles. The first-order valence-corrected chi connectivity index (χ1v) is 13.4. The molecule has 2 aliphatic rings. The number of nitrogens with zero attached hydrogens (tertiary/aromatic N) is 2. The Hall–Kier alpha value is -2.42. The average Bonchev–Trinajstić information content (AvgIpc) is 3.52. The SMILES string of the molecule is CC[C@@H](O)CNC(=O)C[C@@H]1CCN(Cc2ccc(C)s2)C[C@@H]1[C@H]1CC(c2ccccc2OC)=NO1. The average molecular weight is 500 g/mol. The van der Waals surface area contributed by atoms with Crippen LogP contribution in [0, 0.1) is 18.8 Å². The third kappa shape index (κ3) is 6.63. The summed E-state index contributed by atoms with van der Waals surface area (Å²) in [5, 5.41) is 17.2. The number of oxime groups is 1. The van der Waals surface area contributed by atoms with Gasteiger partial charge >= 0.3 is 0 Å². The zero-order chi connectivity index (χ0) is 24.8. The molecule has 1 amide bonds. The number of aliphatic hydroxyl groups is 1. The molecule has 2 aliphatic heterocycles. The van der Waals surface area contributed by atoms with Gasteiger partial charge in [0.05, 0.1) is 18.9 Å². The largest absolute Gasteiger partial charge is 0.496 e. The maximum absolute atomic E-state index is 12.7. The number of carbonyl (C=O) groups excluding carboxylic acids is 1. The van der Waals surface area contributed by atoms with Crippen LogP contribution in [-0.4, -0.2) is 60.6 Å². The van der Waals surface area contributed by atoms with Gasteiger partial charge in [-0.15, -0.1) is 11.3 Å². The highest BCUT2D eigenvalue weighted by molar-refractivity contribution is 7.11. The number of amides is 1. The molecule has 4 rings (SSSR count). The minimum absolute atomic E-state index is 0.00120. The van der Waals surface area contributed by atoms with Crippen molar-refractivity contribution in [3.8, 4) is 5.75 Å². The van der Waals surface area contributed by atoms with Gasteiger partial charge in [0.2, 0.25) is 5.91 Å². The second-order valence-corrected chi connectivity index (χ2v) is 11.0. The number of para-hydroxylation sites is 1. The molecule has 7 nitrogen and oxygen atoms in total. The number of benzene rings is 1. The lowest BCUT2D eigenvalue weighted by Crippen LogP contribution is -2.46. The summed E-state index contributed by atoms with van der Waals surface area (Å²) in [7, 11) is 1.67. The Kier molecular flexibility index (Phi) is 8.81. The van der Waals surface area contributed by atoms with Crippen LogP contribution in [0.5, 0.6) is 5.75 Å². The van der Waals surface area contributed by atoms with E-state index in [2.05, 4.69) is 34.4 Å². The summed E-state index contributed by atoms with van der Waals surface area (Å²) in [6.45, 7) is 7.09. The van der Waals surface area contributed by atoms with Crippen molar-refractivity contribution in [1.29, 1.82) is 0 Å². The molecule has 1 fully saturated rings. The smallest absolute Gasteiger partial charge is 0.220 e. The van der Waals surface area contributed by atoms with Crippen LogP contribution in [0.25, 0.3) is 0 Å². The number of hydrogen-bond acceptors (Lipinski definition) is 7. The van der Waals surface area contributed by atoms with Crippen molar-refractivity contribution in [2.45, 2.75) is 58.3 Å². The predicted octanol–water partition coefficient (Wildman–Crippen LogP) is 3.97. The highest BCUT2D eigenvalue weighted by Gasteiger charge is 2.40. The zero-order valence-corrected chi connectivity index (χ0v) is 21.7. The Morgan fingerprint density at radius 2 is 2.17 bits per heavy atom. The molecule has 190 valence electrons. The number of thiophene rings is 1. The number of ether oxygens (including phenoxy) is 1. The van der Waals surface area contributed by atoms with Crippen molar-refractivity contribution in [1.82, 2.24) is 10.2 Å². The van der Waals surface area contributed by atoms with E-state index >= 15 is 0 Å². The molecule has 0 bridgehead atoms. The fourth-order valence-corrected chi connectivity index (χ4v) is 6.00. The normalized spacial score (nSPS) is 23.4. The van der Waals surface area contributed by atoms with Gasteiger partial charge in [-0.2, -0.15) is 0 Å².